The average molecular weight is 317 g/mol. The molecule has 0 saturated heterocycles. The Bertz CT molecular complexity index is 493. The fourth-order valence-corrected chi connectivity index (χ4v) is 9.01. The van der Waals surface area contributed by atoms with Crippen molar-refractivity contribution in [3.05, 3.63) is 30.0 Å². The summed E-state index contributed by atoms with van der Waals surface area (Å²) in [5.74, 6) is 0. The van der Waals surface area contributed by atoms with Crippen molar-refractivity contribution >= 4 is 69.7 Å². The second-order valence-electron chi connectivity index (χ2n) is 3.18. The van der Waals surface area contributed by atoms with Crippen LogP contribution >= 0.6 is 69.7 Å². The zero-order valence-corrected chi connectivity index (χ0v) is 12.7. The Morgan fingerprint density at radius 1 is 0.500 bits per heavy atom. The van der Waals surface area contributed by atoms with Gasteiger partial charge in [0.25, 0.3) is 0 Å². The molecule has 0 nitrogen and oxygen atoms in total. The van der Waals surface area contributed by atoms with E-state index in [1.54, 1.807) is 22.7 Å². The molecule has 80 valence electrons. The maximum atomic E-state index is 2.25. The van der Waals surface area contributed by atoms with Gasteiger partial charge in [0.15, 0.2) is 0 Å². The third kappa shape index (κ3) is 1.62. The van der Waals surface area contributed by atoms with Gasteiger partial charge >= 0.3 is 0 Å². The summed E-state index contributed by atoms with van der Waals surface area (Å²) < 4.78 is 2.93. The summed E-state index contributed by atoms with van der Waals surface area (Å²) >= 11 is 11.3. The Morgan fingerprint density at radius 2 is 0.812 bits per heavy atom. The molecule has 0 fully saturated rings. The fourth-order valence-electron chi connectivity index (χ4n) is 1.45. The van der Waals surface area contributed by atoms with Crippen molar-refractivity contribution in [1.82, 2.24) is 0 Å². The largest absolute Gasteiger partial charge is 0.150 e. The van der Waals surface area contributed by atoms with Crippen molar-refractivity contribution in [2.45, 2.75) is 19.6 Å². The average Bonchev–Trinajstić information content (AvgIpc) is 2.94. The first-order valence-electron chi connectivity index (χ1n) is 4.48. The van der Waals surface area contributed by atoms with Crippen LogP contribution < -0.4 is 0 Å². The van der Waals surface area contributed by atoms with Crippen molar-refractivity contribution < 1.29 is 0 Å². The minimum atomic E-state index is 1.44. The van der Waals surface area contributed by atoms with E-state index >= 15 is 0 Å². The van der Waals surface area contributed by atoms with Crippen LogP contribution in [0.3, 0.4) is 0 Å². The van der Waals surface area contributed by atoms with Gasteiger partial charge in [0, 0.05) is 41.1 Å². The quantitative estimate of drug-likeness (QED) is 0.581. The Morgan fingerprint density at radius 3 is 1.12 bits per heavy atom. The highest BCUT2D eigenvalue weighted by Crippen LogP contribution is 2.62. The highest BCUT2D eigenvalue weighted by Gasteiger charge is 2.27. The predicted molar refractivity (Wildman–Crippen MR) is 79.1 cm³/mol. The van der Waals surface area contributed by atoms with E-state index in [2.05, 4.69) is 21.5 Å². The number of thiophene rings is 2. The Labute approximate surface area is 118 Å². The van der Waals surface area contributed by atoms with Crippen LogP contribution in [0.2, 0.25) is 0 Å². The number of fused-ring (bicyclic) bond motifs is 2. The monoisotopic (exact) mass is 316 g/mol. The molecule has 6 heteroatoms. The van der Waals surface area contributed by atoms with Gasteiger partial charge in [-0.25, -0.2) is 0 Å². The number of hydrogen-bond acceptors (Lipinski definition) is 6. The molecule has 2 aromatic heterocycles. The van der Waals surface area contributed by atoms with E-state index in [-0.39, 0.29) is 0 Å². The van der Waals surface area contributed by atoms with E-state index in [1.165, 1.54) is 28.1 Å². The molecule has 0 bridgehead atoms. The van der Waals surface area contributed by atoms with Gasteiger partial charge in [-0.1, -0.05) is 47.0 Å². The molecule has 4 rings (SSSR count). The first kappa shape index (κ1) is 10.5. The molecular weight excluding hydrogens is 313 g/mol. The standard InChI is InChI=1S/C10H4S6/c1-5-6(2-11-1)14-9(13-5)10-15-7-3-12-4-8(7)16-10/h1-4H. The molecule has 16 heavy (non-hydrogen) atoms. The highest BCUT2D eigenvalue weighted by atomic mass is 32.2. The third-order valence-corrected chi connectivity index (χ3v) is 9.81. The second-order valence-corrected chi connectivity index (χ2v) is 9.40. The molecule has 0 N–H and O–H groups in total. The van der Waals surface area contributed by atoms with Gasteiger partial charge in [0.2, 0.25) is 0 Å². The normalized spacial score (nSPS) is 18.0. The molecule has 2 aliphatic heterocycles. The zero-order chi connectivity index (χ0) is 10.5. The molecule has 0 radical (unpaired) electrons. The van der Waals surface area contributed by atoms with Gasteiger partial charge in [-0.15, -0.1) is 0 Å². The molecular formula is C10H4S6. The lowest BCUT2D eigenvalue weighted by atomic mass is 10.7. The van der Waals surface area contributed by atoms with Crippen LogP contribution in [-0.2, 0) is 0 Å². The van der Waals surface area contributed by atoms with E-state index in [0.29, 0.717) is 0 Å². The van der Waals surface area contributed by atoms with E-state index in [1.807, 2.05) is 47.0 Å². The highest BCUT2D eigenvalue weighted by molar-refractivity contribution is 8.30. The molecule has 0 aromatic carbocycles. The fraction of sp³-hybridized carbons (Fsp3) is 0. The first-order chi connectivity index (χ1) is 7.90. The lowest BCUT2D eigenvalue weighted by molar-refractivity contribution is 1.36. The van der Waals surface area contributed by atoms with E-state index in [9.17, 15) is 0 Å². The second kappa shape index (κ2) is 4.03. The van der Waals surface area contributed by atoms with Crippen molar-refractivity contribution in [2.24, 2.45) is 0 Å². The van der Waals surface area contributed by atoms with Crippen molar-refractivity contribution in [3.8, 4) is 0 Å². The smallest absolute Gasteiger partial charge is 0.0707 e. The molecule has 2 aliphatic rings. The van der Waals surface area contributed by atoms with Gasteiger partial charge in [-0.3, -0.25) is 0 Å². The van der Waals surface area contributed by atoms with Crippen LogP contribution in [-0.4, -0.2) is 0 Å². The summed E-state index contributed by atoms with van der Waals surface area (Å²) in [5, 5.41) is 9.00. The zero-order valence-electron chi connectivity index (χ0n) is 7.76. The maximum Gasteiger partial charge on any atom is 0.0707 e. The van der Waals surface area contributed by atoms with Crippen LogP contribution in [0.4, 0.5) is 0 Å². The summed E-state index contributed by atoms with van der Waals surface area (Å²) in [6.45, 7) is 0. The first-order valence-corrected chi connectivity index (χ1v) is 9.63. The van der Waals surface area contributed by atoms with Crippen molar-refractivity contribution in [3.63, 3.8) is 0 Å². The Hall–Kier alpha value is 0.540. The molecule has 0 saturated carbocycles. The Balaban J connectivity index is 1.69. The van der Waals surface area contributed by atoms with Gasteiger partial charge in [-0.05, 0) is 0 Å². The third-order valence-electron chi connectivity index (χ3n) is 2.16. The van der Waals surface area contributed by atoms with Crippen LogP contribution in [0.25, 0.3) is 0 Å². The summed E-state index contributed by atoms with van der Waals surface area (Å²) in [4.78, 5) is 5.75. The molecule has 2 aromatic rings. The maximum absolute atomic E-state index is 2.25. The minimum Gasteiger partial charge on any atom is -0.150 e. The predicted octanol–water partition coefficient (Wildman–Crippen LogP) is 6.03. The van der Waals surface area contributed by atoms with E-state index in [0.717, 1.165) is 0 Å². The SMILES string of the molecule is c1scc2c1SC(=C1Sc3cscc3S1)S2. The molecule has 0 aliphatic carbocycles. The van der Waals surface area contributed by atoms with Gasteiger partial charge < -0.3 is 0 Å². The number of hydrogen-bond donors (Lipinski definition) is 0. The van der Waals surface area contributed by atoms with Gasteiger partial charge in [-0.2, -0.15) is 22.7 Å². The van der Waals surface area contributed by atoms with Crippen LogP contribution in [0.15, 0.2) is 49.6 Å². The van der Waals surface area contributed by atoms with Crippen LogP contribution in [0.5, 0.6) is 0 Å². The summed E-state index contributed by atoms with van der Waals surface area (Å²) in [6, 6.07) is 0. The van der Waals surface area contributed by atoms with Crippen molar-refractivity contribution in [2.75, 3.05) is 0 Å². The van der Waals surface area contributed by atoms with E-state index < -0.39 is 0 Å². The van der Waals surface area contributed by atoms with Crippen molar-refractivity contribution in [1.29, 1.82) is 0 Å². The molecule has 0 atom stereocenters. The minimum absolute atomic E-state index is 1.44. The van der Waals surface area contributed by atoms with Gasteiger partial charge in [0.05, 0.1) is 8.47 Å². The van der Waals surface area contributed by atoms with Crippen LogP contribution in [0.1, 0.15) is 0 Å². The molecule has 0 unspecified atom stereocenters. The lowest BCUT2D eigenvalue weighted by Gasteiger charge is -1.99. The van der Waals surface area contributed by atoms with E-state index in [4.69, 9.17) is 0 Å². The topological polar surface area (TPSA) is 0 Å². The number of rotatable bonds is 0. The summed E-state index contributed by atoms with van der Waals surface area (Å²) in [6.07, 6.45) is 0. The van der Waals surface area contributed by atoms with Crippen LogP contribution in [0, 0.1) is 0 Å². The van der Waals surface area contributed by atoms with Gasteiger partial charge in [0.1, 0.15) is 0 Å². The number of thioether (sulfide) groups is 4. The lowest BCUT2D eigenvalue weighted by Crippen LogP contribution is -1.65. The molecule has 4 heterocycles. The Kier molecular flexibility index (Phi) is 2.64. The molecule has 0 amide bonds. The summed E-state index contributed by atoms with van der Waals surface area (Å²) in [7, 11) is 0. The molecule has 0 spiro atoms. The summed E-state index contributed by atoms with van der Waals surface area (Å²) in [5.41, 5.74) is 0.